The molecular formula is C23H30N2O4. The first-order valence-corrected chi connectivity index (χ1v) is 10.0. The molecule has 0 bridgehead atoms. The smallest absolute Gasteiger partial charge is 0.234 e. The largest absolute Gasteiger partial charge is 0.493 e. The van der Waals surface area contributed by atoms with Gasteiger partial charge in [-0.3, -0.25) is 9.69 Å². The maximum Gasteiger partial charge on any atom is 0.234 e. The zero-order chi connectivity index (χ0) is 20.6. The van der Waals surface area contributed by atoms with Crippen LogP contribution in [0.15, 0.2) is 42.5 Å². The molecular weight excluding hydrogens is 368 g/mol. The third-order valence-corrected chi connectivity index (χ3v) is 5.31. The number of methoxy groups -OCH3 is 2. The van der Waals surface area contributed by atoms with Crippen molar-refractivity contribution in [1.82, 2.24) is 10.2 Å². The number of hydrogen-bond donors (Lipinski definition) is 1. The van der Waals surface area contributed by atoms with Crippen molar-refractivity contribution in [2.24, 2.45) is 0 Å². The predicted octanol–water partition coefficient (Wildman–Crippen LogP) is 3.17. The van der Waals surface area contributed by atoms with E-state index in [1.54, 1.807) is 14.2 Å². The molecule has 3 rings (SSSR count). The predicted molar refractivity (Wildman–Crippen MR) is 113 cm³/mol. The van der Waals surface area contributed by atoms with Crippen molar-refractivity contribution in [1.29, 1.82) is 0 Å². The van der Waals surface area contributed by atoms with E-state index >= 15 is 0 Å². The molecule has 1 fully saturated rings. The van der Waals surface area contributed by atoms with Crippen LogP contribution >= 0.6 is 0 Å². The molecule has 0 spiro atoms. The third kappa shape index (κ3) is 5.64. The molecule has 6 heteroatoms. The number of hydrogen-bond acceptors (Lipinski definition) is 5. The van der Waals surface area contributed by atoms with Crippen molar-refractivity contribution < 1.29 is 19.0 Å². The second-order valence-corrected chi connectivity index (χ2v) is 7.29. The van der Waals surface area contributed by atoms with E-state index in [1.807, 2.05) is 36.4 Å². The topological polar surface area (TPSA) is 60.0 Å². The molecule has 0 atom stereocenters. The van der Waals surface area contributed by atoms with Crippen LogP contribution < -0.4 is 19.5 Å². The van der Waals surface area contributed by atoms with E-state index in [0.717, 1.165) is 31.5 Å². The Balaban J connectivity index is 1.46. The van der Waals surface area contributed by atoms with Crippen molar-refractivity contribution >= 4 is 5.91 Å². The monoisotopic (exact) mass is 398 g/mol. The highest BCUT2D eigenvalue weighted by atomic mass is 16.5. The van der Waals surface area contributed by atoms with Gasteiger partial charge in [-0.05, 0) is 43.0 Å². The van der Waals surface area contributed by atoms with Crippen LogP contribution in [0.1, 0.15) is 24.0 Å². The van der Waals surface area contributed by atoms with Crippen LogP contribution in [0.25, 0.3) is 0 Å². The Bertz CT molecular complexity index is 794. The summed E-state index contributed by atoms with van der Waals surface area (Å²) in [5.41, 5.74) is 2.34. The maximum atomic E-state index is 12.3. The minimum atomic E-state index is 0.0546. The lowest BCUT2D eigenvalue weighted by Gasteiger charge is -2.32. The molecule has 0 aliphatic carbocycles. The van der Waals surface area contributed by atoms with E-state index in [-0.39, 0.29) is 12.0 Å². The Morgan fingerprint density at radius 2 is 1.69 bits per heavy atom. The highest BCUT2D eigenvalue weighted by Crippen LogP contribution is 2.38. The minimum absolute atomic E-state index is 0.0546. The van der Waals surface area contributed by atoms with Gasteiger partial charge in [-0.15, -0.1) is 0 Å². The molecule has 6 nitrogen and oxygen atoms in total. The first kappa shape index (κ1) is 21.0. The van der Waals surface area contributed by atoms with Crippen LogP contribution in [0.3, 0.4) is 0 Å². The van der Waals surface area contributed by atoms with Crippen LogP contribution in [0.2, 0.25) is 0 Å². The van der Waals surface area contributed by atoms with Crippen LogP contribution in [0.4, 0.5) is 0 Å². The molecule has 0 radical (unpaired) electrons. The van der Waals surface area contributed by atoms with Gasteiger partial charge in [0.1, 0.15) is 6.10 Å². The van der Waals surface area contributed by atoms with Crippen LogP contribution in [-0.2, 0) is 11.3 Å². The highest BCUT2D eigenvalue weighted by molar-refractivity contribution is 5.78. The summed E-state index contributed by atoms with van der Waals surface area (Å²) in [5.74, 6) is 2.04. The van der Waals surface area contributed by atoms with Crippen molar-refractivity contribution in [3.8, 4) is 17.2 Å². The Kier molecular flexibility index (Phi) is 7.36. The molecule has 156 valence electrons. The maximum absolute atomic E-state index is 12.3. The van der Waals surface area contributed by atoms with E-state index in [0.29, 0.717) is 30.3 Å². The van der Waals surface area contributed by atoms with E-state index < -0.39 is 0 Å². The van der Waals surface area contributed by atoms with Gasteiger partial charge in [0.15, 0.2) is 11.5 Å². The number of carbonyl (C=O) groups excluding carboxylic acids is 1. The SMILES string of the molecule is COc1cccc(OC)c1OC1CCN(CC(=O)NCc2ccccc2C)CC1. The second kappa shape index (κ2) is 10.2. The first-order chi connectivity index (χ1) is 14.1. The number of nitrogens with zero attached hydrogens (tertiary/aromatic N) is 1. The average molecular weight is 399 g/mol. The Morgan fingerprint density at radius 1 is 1.03 bits per heavy atom. The number of ether oxygens (including phenoxy) is 3. The van der Waals surface area contributed by atoms with Gasteiger partial charge in [-0.2, -0.15) is 0 Å². The normalized spacial score (nSPS) is 15.0. The molecule has 1 N–H and O–H groups in total. The zero-order valence-corrected chi connectivity index (χ0v) is 17.4. The molecule has 0 saturated carbocycles. The number of nitrogens with one attached hydrogen (secondary N) is 1. The van der Waals surface area contributed by atoms with Crippen molar-refractivity contribution in [3.05, 3.63) is 53.6 Å². The summed E-state index contributed by atoms with van der Waals surface area (Å²) in [7, 11) is 3.25. The molecule has 1 aliphatic heterocycles. The van der Waals surface area contributed by atoms with Crippen molar-refractivity contribution in [2.75, 3.05) is 33.9 Å². The molecule has 1 heterocycles. The second-order valence-electron chi connectivity index (χ2n) is 7.29. The molecule has 0 unspecified atom stereocenters. The first-order valence-electron chi connectivity index (χ1n) is 10.0. The quantitative estimate of drug-likeness (QED) is 0.740. The van der Waals surface area contributed by atoms with Gasteiger partial charge in [-0.1, -0.05) is 30.3 Å². The van der Waals surface area contributed by atoms with Crippen LogP contribution in [0.5, 0.6) is 17.2 Å². The summed E-state index contributed by atoms with van der Waals surface area (Å²) in [6.07, 6.45) is 1.78. The van der Waals surface area contributed by atoms with E-state index in [2.05, 4.69) is 23.2 Å². The van der Waals surface area contributed by atoms with E-state index in [4.69, 9.17) is 14.2 Å². The Hall–Kier alpha value is -2.73. The van der Waals surface area contributed by atoms with Gasteiger partial charge in [0.25, 0.3) is 0 Å². The molecule has 2 aromatic carbocycles. The number of rotatable bonds is 8. The summed E-state index contributed by atoms with van der Waals surface area (Å²) < 4.78 is 17.0. The van der Waals surface area contributed by atoms with Gasteiger partial charge < -0.3 is 19.5 Å². The van der Waals surface area contributed by atoms with Gasteiger partial charge in [0.05, 0.1) is 20.8 Å². The van der Waals surface area contributed by atoms with E-state index in [1.165, 1.54) is 5.56 Å². The van der Waals surface area contributed by atoms with Gasteiger partial charge in [0.2, 0.25) is 11.7 Å². The summed E-state index contributed by atoms with van der Waals surface area (Å²) in [5, 5.41) is 3.02. The average Bonchev–Trinajstić information content (AvgIpc) is 2.74. The number of aryl methyl sites for hydroxylation is 1. The molecule has 1 amide bonds. The standard InChI is InChI=1S/C23H30N2O4/c1-17-7-4-5-8-18(17)15-24-22(26)16-25-13-11-19(12-14-25)29-23-20(27-2)9-6-10-21(23)28-3/h4-10,19H,11-16H2,1-3H3,(H,24,26). The highest BCUT2D eigenvalue weighted by Gasteiger charge is 2.24. The van der Waals surface area contributed by atoms with Gasteiger partial charge in [-0.25, -0.2) is 0 Å². The lowest BCUT2D eigenvalue weighted by atomic mass is 10.1. The summed E-state index contributed by atoms with van der Waals surface area (Å²) in [4.78, 5) is 14.5. The molecule has 1 aliphatic rings. The number of piperidine rings is 1. The summed E-state index contributed by atoms with van der Waals surface area (Å²) in [6, 6.07) is 13.7. The van der Waals surface area contributed by atoms with Crippen LogP contribution in [-0.4, -0.2) is 50.8 Å². The number of benzene rings is 2. The number of para-hydroxylation sites is 1. The number of carbonyl (C=O) groups is 1. The molecule has 2 aromatic rings. The third-order valence-electron chi connectivity index (χ3n) is 5.31. The molecule has 1 saturated heterocycles. The number of amides is 1. The fourth-order valence-electron chi connectivity index (χ4n) is 3.55. The summed E-state index contributed by atoms with van der Waals surface area (Å²) in [6.45, 7) is 4.68. The Labute approximate surface area is 172 Å². The fraction of sp³-hybridized carbons (Fsp3) is 0.435. The minimum Gasteiger partial charge on any atom is -0.493 e. The zero-order valence-electron chi connectivity index (χ0n) is 17.4. The van der Waals surface area contributed by atoms with Gasteiger partial charge in [0, 0.05) is 19.6 Å². The molecule has 29 heavy (non-hydrogen) atoms. The Morgan fingerprint density at radius 3 is 2.31 bits per heavy atom. The number of likely N-dealkylation sites (tertiary alicyclic amines) is 1. The lowest BCUT2D eigenvalue weighted by molar-refractivity contribution is -0.122. The van der Waals surface area contributed by atoms with Gasteiger partial charge >= 0.3 is 0 Å². The van der Waals surface area contributed by atoms with Crippen molar-refractivity contribution in [2.45, 2.75) is 32.4 Å². The fourth-order valence-corrected chi connectivity index (χ4v) is 3.55. The lowest BCUT2D eigenvalue weighted by Crippen LogP contribution is -2.43. The van der Waals surface area contributed by atoms with Crippen molar-refractivity contribution in [3.63, 3.8) is 0 Å². The van der Waals surface area contributed by atoms with Crippen LogP contribution in [0, 0.1) is 6.92 Å². The van der Waals surface area contributed by atoms with E-state index in [9.17, 15) is 4.79 Å². The molecule has 0 aromatic heterocycles. The summed E-state index contributed by atoms with van der Waals surface area (Å²) >= 11 is 0.